The number of fused-ring (bicyclic) bond motifs is 2. The Morgan fingerprint density at radius 1 is 1.16 bits per heavy atom. The number of amides is 1. The van der Waals surface area contributed by atoms with E-state index in [-0.39, 0.29) is 17.9 Å². The Bertz CT molecular complexity index is 1110. The molecule has 1 N–H and O–H groups in total. The van der Waals surface area contributed by atoms with Crippen molar-refractivity contribution in [2.75, 3.05) is 48.5 Å². The summed E-state index contributed by atoms with van der Waals surface area (Å²) in [6, 6.07) is 8.25. The number of aromatic nitrogens is 1. The fourth-order valence-corrected chi connectivity index (χ4v) is 5.62. The van der Waals surface area contributed by atoms with Crippen molar-refractivity contribution in [1.82, 2.24) is 9.88 Å². The Morgan fingerprint density at radius 2 is 1.89 bits per heavy atom. The molecule has 3 aliphatic rings. The molecule has 1 unspecified atom stereocenters. The molecule has 1 saturated carbocycles. The summed E-state index contributed by atoms with van der Waals surface area (Å²) in [5, 5.41) is 3.41. The van der Waals surface area contributed by atoms with E-state index in [2.05, 4.69) is 27.3 Å². The van der Waals surface area contributed by atoms with Crippen molar-refractivity contribution in [1.29, 1.82) is 0 Å². The Balaban J connectivity index is 1.38. The molecule has 2 aliphatic heterocycles. The van der Waals surface area contributed by atoms with Gasteiger partial charge in [0.05, 0.1) is 31.1 Å². The summed E-state index contributed by atoms with van der Waals surface area (Å²) < 4.78 is 45.2. The molecule has 0 bridgehead atoms. The minimum Gasteiger partial charge on any atom is -0.378 e. The zero-order chi connectivity index (χ0) is 26.2. The van der Waals surface area contributed by atoms with Crippen LogP contribution in [0.5, 0.6) is 0 Å². The average Bonchev–Trinajstić information content (AvgIpc) is 3.08. The number of benzene rings is 1. The van der Waals surface area contributed by atoms with Gasteiger partial charge in [0.15, 0.2) is 0 Å². The van der Waals surface area contributed by atoms with Crippen molar-refractivity contribution in [3.8, 4) is 0 Å². The number of carbonyl (C=O) groups is 1. The van der Waals surface area contributed by atoms with Crippen LogP contribution >= 0.6 is 0 Å². The Hall–Kier alpha value is -2.85. The molecule has 1 aromatic carbocycles. The number of hydrogen-bond acceptors (Lipinski definition) is 6. The predicted molar refractivity (Wildman–Crippen MR) is 137 cm³/mol. The number of halogens is 3. The smallest absolute Gasteiger partial charge is 0.378 e. The molecule has 1 atom stereocenters. The highest BCUT2D eigenvalue weighted by atomic mass is 19.4. The monoisotopic (exact) mass is 517 g/mol. The zero-order valence-electron chi connectivity index (χ0n) is 21.3. The van der Waals surface area contributed by atoms with E-state index in [0.717, 1.165) is 41.5 Å². The first kappa shape index (κ1) is 25.8. The van der Waals surface area contributed by atoms with Crippen molar-refractivity contribution in [3.63, 3.8) is 0 Å². The molecule has 1 aliphatic carbocycles. The molecule has 10 heteroatoms. The lowest BCUT2D eigenvalue weighted by Gasteiger charge is -2.39. The Kier molecular flexibility index (Phi) is 7.31. The van der Waals surface area contributed by atoms with E-state index >= 15 is 0 Å². The van der Waals surface area contributed by atoms with E-state index in [1.807, 2.05) is 23.1 Å². The maximum absolute atomic E-state index is 14.0. The third kappa shape index (κ3) is 5.40. The number of hydrogen-bond donors (Lipinski definition) is 1. The van der Waals surface area contributed by atoms with E-state index < -0.39 is 12.2 Å². The second kappa shape index (κ2) is 10.5. The fraction of sp³-hybridized carbons (Fsp3) is 0.556. The number of anilines is 4. The summed E-state index contributed by atoms with van der Waals surface area (Å²) in [6.45, 7) is 4.50. The number of pyridine rings is 1. The first-order valence-electron chi connectivity index (χ1n) is 13.0. The molecule has 37 heavy (non-hydrogen) atoms. The van der Waals surface area contributed by atoms with E-state index in [9.17, 15) is 18.0 Å². The molecule has 5 rings (SSSR count). The average molecular weight is 518 g/mol. The number of nitrogens with zero attached hydrogens (tertiary/aromatic N) is 4. The number of nitrogens with one attached hydrogen (secondary N) is 1. The summed E-state index contributed by atoms with van der Waals surface area (Å²) in [6.07, 6.45) is -0.257. The van der Waals surface area contributed by atoms with Crippen molar-refractivity contribution in [3.05, 3.63) is 42.1 Å². The SMILES string of the molecule is CC(N(C)[C@H]1CC[C@@H](C(=O)N2Cc3cccnc3Nc3ccc(N4CCOCC4)cc32)CC1)C(F)(F)F. The highest BCUT2D eigenvalue weighted by Gasteiger charge is 2.42. The predicted octanol–water partition coefficient (Wildman–Crippen LogP) is 4.95. The molecule has 7 nitrogen and oxygen atoms in total. The Labute approximate surface area is 215 Å². The minimum absolute atomic E-state index is 0.0175. The van der Waals surface area contributed by atoms with Crippen LogP contribution in [0.25, 0.3) is 0 Å². The van der Waals surface area contributed by atoms with Crippen molar-refractivity contribution in [2.45, 2.75) is 57.4 Å². The molecule has 200 valence electrons. The maximum atomic E-state index is 14.0. The zero-order valence-corrected chi connectivity index (χ0v) is 21.3. The van der Waals surface area contributed by atoms with E-state index in [0.29, 0.717) is 45.4 Å². The first-order valence-corrected chi connectivity index (χ1v) is 13.0. The normalized spacial score (nSPS) is 23.1. The Morgan fingerprint density at radius 3 is 2.59 bits per heavy atom. The van der Waals surface area contributed by atoms with Gasteiger partial charge in [0.2, 0.25) is 5.91 Å². The number of rotatable bonds is 4. The van der Waals surface area contributed by atoms with Gasteiger partial charge in [-0.3, -0.25) is 9.69 Å². The number of alkyl halides is 3. The number of carbonyl (C=O) groups excluding carboxylic acids is 1. The molecular formula is C27H34F3N5O2. The molecule has 0 spiro atoms. The van der Waals surface area contributed by atoms with Crippen LogP contribution in [0.2, 0.25) is 0 Å². The van der Waals surface area contributed by atoms with Gasteiger partial charge in [-0.05, 0) is 63.9 Å². The lowest BCUT2D eigenvalue weighted by molar-refractivity contribution is -0.182. The van der Waals surface area contributed by atoms with Gasteiger partial charge in [-0.25, -0.2) is 4.98 Å². The largest absolute Gasteiger partial charge is 0.403 e. The topological polar surface area (TPSA) is 60.9 Å². The second-order valence-corrected chi connectivity index (χ2v) is 10.2. The molecule has 2 fully saturated rings. The molecule has 1 amide bonds. The van der Waals surface area contributed by atoms with E-state index in [1.165, 1.54) is 11.8 Å². The van der Waals surface area contributed by atoms with E-state index in [1.54, 1.807) is 13.2 Å². The molecule has 3 heterocycles. The second-order valence-electron chi connectivity index (χ2n) is 10.2. The van der Waals surface area contributed by atoms with Gasteiger partial charge in [0, 0.05) is 42.5 Å². The number of morpholine rings is 1. The van der Waals surface area contributed by atoms with Gasteiger partial charge in [-0.2, -0.15) is 13.2 Å². The van der Waals surface area contributed by atoms with Gasteiger partial charge in [-0.15, -0.1) is 0 Å². The van der Waals surface area contributed by atoms with Gasteiger partial charge in [0.1, 0.15) is 11.9 Å². The van der Waals surface area contributed by atoms with Crippen LogP contribution in [-0.2, 0) is 16.1 Å². The standard InChI is InChI=1S/C27H34F3N5O2/c1-18(27(28,29)30)33(2)21-7-5-19(6-8-21)26(36)35-17-20-4-3-11-31-25(20)32-23-10-9-22(16-24(23)35)34-12-14-37-15-13-34/h3-4,9-11,16,18-19,21H,5-8,12-15,17H2,1-2H3,(H,31,32)/t18?,19-,21+. The lowest BCUT2D eigenvalue weighted by Crippen LogP contribution is -2.48. The summed E-state index contributed by atoms with van der Waals surface area (Å²) in [5.74, 6) is 0.512. The van der Waals surface area contributed by atoms with Crippen molar-refractivity contribution >= 4 is 28.8 Å². The third-order valence-electron chi connectivity index (χ3n) is 8.09. The highest BCUT2D eigenvalue weighted by Crippen LogP contribution is 2.40. The number of ether oxygens (including phenoxy) is 1. The highest BCUT2D eigenvalue weighted by molar-refractivity contribution is 6.00. The first-order chi connectivity index (χ1) is 17.7. The molecular weight excluding hydrogens is 483 g/mol. The summed E-state index contributed by atoms with van der Waals surface area (Å²) >= 11 is 0. The summed E-state index contributed by atoms with van der Waals surface area (Å²) in [7, 11) is 1.54. The summed E-state index contributed by atoms with van der Waals surface area (Å²) in [5.41, 5.74) is 3.58. The van der Waals surface area contributed by atoms with Crippen molar-refractivity contribution < 1.29 is 22.7 Å². The van der Waals surface area contributed by atoms with Gasteiger partial charge in [-0.1, -0.05) is 6.07 Å². The minimum atomic E-state index is -4.26. The van der Waals surface area contributed by atoms with Crippen molar-refractivity contribution in [2.24, 2.45) is 5.92 Å². The van der Waals surface area contributed by atoms with Gasteiger partial charge < -0.3 is 19.9 Å². The van der Waals surface area contributed by atoms with Crippen LogP contribution in [0.3, 0.4) is 0 Å². The van der Waals surface area contributed by atoms with Crippen LogP contribution in [0.1, 0.15) is 38.2 Å². The molecule has 0 radical (unpaired) electrons. The van der Waals surface area contributed by atoms with Crippen LogP contribution in [0, 0.1) is 5.92 Å². The third-order valence-corrected chi connectivity index (χ3v) is 8.09. The van der Waals surface area contributed by atoms with Gasteiger partial charge >= 0.3 is 6.18 Å². The van der Waals surface area contributed by atoms with Crippen LogP contribution in [0.4, 0.5) is 36.1 Å². The van der Waals surface area contributed by atoms with Crippen LogP contribution in [0.15, 0.2) is 36.5 Å². The summed E-state index contributed by atoms with van der Waals surface area (Å²) in [4.78, 5) is 24.0. The van der Waals surface area contributed by atoms with Crippen LogP contribution < -0.4 is 15.1 Å². The molecule has 2 aromatic rings. The van der Waals surface area contributed by atoms with E-state index in [4.69, 9.17) is 4.74 Å². The van der Waals surface area contributed by atoms with Gasteiger partial charge in [0.25, 0.3) is 0 Å². The maximum Gasteiger partial charge on any atom is 0.403 e. The fourth-order valence-electron chi connectivity index (χ4n) is 5.62. The molecule has 1 aromatic heterocycles. The molecule has 1 saturated heterocycles. The quantitative estimate of drug-likeness (QED) is 0.620. The van der Waals surface area contributed by atoms with Crippen LogP contribution in [-0.4, -0.2) is 67.4 Å². The lowest BCUT2D eigenvalue weighted by atomic mass is 9.84.